The molecule has 1 aliphatic carbocycles. The van der Waals surface area contributed by atoms with Gasteiger partial charge in [-0.1, -0.05) is 24.3 Å². The van der Waals surface area contributed by atoms with Gasteiger partial charge in [0.15, 0.2) is 11.6 Å². The molecule has 150 valence electrons. The first-order chi connectivity index (χ1) is 13.8. The van der Waals surface area contributed by atoms with Crippen LogP contribution in [-0.2, 0) is 16.8 Å². The molecule has 7 nitrogen and oxygen atoms in total. The van der Waals surface area contributed by atoms with Crippen LogP contribution in [0.25, 0.3) is 0 Å². The summed E-state index contributed by atoms with van der Waals surface area (Å²) in [5.41, 5.74) is 2.64. The SMILES string of the molecule is CC(=O)c1c(C)[nH]c(C(=O)CN2C(=O)NC3(CCCc4ccccc43)C2=O)c1C. The van der Waals surface area contributed by atoms with E-state index in [1.54, 1.807) is 13.8 Å². The number of hydrogen-bond acceptors (Lipinski definition) is 4. The van der Waals surface area contributed by atoms with Crippen molar-refractivity contribution >= 4 is 23.5 Å². The number of imide groups is 1. The maximum absolute atomic E-state index is 13.3. The van der Waals surface area contributed by atoms with Gasteiger partial charge in [-0.15, -0.1) is 0 Å². The van der Waals surface area contributed by atoms with Gasteiger partial charge in [0.25, 0.3) is 5.91 Å². The summed E-state index contributed by atoms with van der Waals surface area (Å²) in [5.74, 6) is -0.929. The standard InChI is InChI=1S/C22H23N3O4/c1-12-18(14(3)26)13(2)23-19(12)17(27)11-25-20(28)22(24-21(25)29)10-6-8-15-7-4-5-9-16(15)22/h4-5,7,9,23H,6,8,10-11H2,1-3H3,(H,24,29). The Kier molecular flexibility index (Phi) is 4.41. The number of fused-ring (bicyclic) bond motifs is 2. The fraction of sp³-hybridized carbons (Fsp3) is 0.364. The fourth-order valence-electron chi connectivity index (χ4n) is 4.73. The molecule has 3 amide bonds. The topological polar surface area (TPSA) is 99.3 Å². The van der Waals surface area contributed by atoms with Gasteiger partial charge in [-0.25, -0.2) is 4.79 Å². The van der Waals surface area contributed by atoms with E-state index in [1.165, 1.54) is 6.92 Å². The molecular weight excluding hydrogens is 370 g/mol. The van der Waals surface area contributed by atoms with Crippen LogP contribution < -0.4 is 5.32 Å². The van der Waals surface area contributed by atoms with Gasteiger partial charge in [0.05, 0.1) is 12.2 Å². The van der Waals surface area contributed by atoms with E-state index >= 15 is 0 Å². The van der Waals surface area contributed by atoms with Crippen LogP contribution in [0.1, 0.15) is 63.0 Å². The second-order valence-corrected chi connectivity index (χ2v) is 7.84. The molecule has 29 heavy (non-hydrogen) atoms. The molecule has 0 radical (unpaired) electrons. The molecule has 1 aliphatic heterocycles. The molecular formula is C22H23N3O4. The van der Waals surface area contributed by atoms with Crippen molar-refractivity contribution in [2.45, 2.75) is 45.6 Å². The maximum Gasteiger partial charge on any atom is 0.325 e. The molecule has 2 aliphatic rings. The number of aromatic amines is 1. The van der Waals surface area contributed by atoms with E-state index in [0.29, 0.717) is 23.2 Å². The molecule has 1 aromatic heterocycles. The number of rotatable bonds is 4. The number of nitrogens with zero attached hydrogens (tertiary/aromatic N) is 1. The minimum absolute atomic E-state index is 0.136. The van der Waals surface area contributed by atoms with E-state index in [2.05, 4.69) is 10.3 Å². The third-order valence-corrected chi connectivity index (χ3v) is 6.02. The van der Waals surface area contributed by atoms with Gasteiger partial charge >= 0.3 is 6.03 Å². The first-order valence-corrected chi connectivity index (χ1v) is 9.72. The van der Waals surface area contributed by atoms with Gasteiger partial charge < -0.3 is 10.3 Å². The summed E-state index contributed by atoms with van der Waals surface area (Å²) < 4.78 is 0. The van der Waals surface area contributed by atoms with Crippen LogP contribution in [0.4, 0.5) is 4.79 Å². The Morgan fingerprint density at radius 1 is 1.17 bits per heavy atom. The predicted octanol–water partition coefficient (Wildman–Crippen LogP) is 2.80. The number of ketones is 2. The Morgan fingerprint density at radius 3 is 2.59 bits per heavy atom. The maximum atomic E-state index is 13.3. The lowest BCUT2D eigenvalue weighted by Gasteiger charge is -2.33. The van der Waals surface area contributed by atoms with Gasteiger partial charge in [-0.3, -0.25) is 19.3 Å². The lowest BCUT2D eigenvalue weighted by atomic mass is 9.76. The monoisotopic (exact) mass is 393 g/mol. The Morgan fingerprint density at radius 2 is 1.90 bits per heavy atom. The number of aromatic nitrogens is 1. The Labute approximate surface area is 168 Å². The summed E-state index contributed by atoms with van der Waals surface area (Å²) in [7, 11) is 0. The number of amides is 3. The van der Waals surface area contributed by atoms with Crippen molar-refractivity contribution in [3.05, 3.63) is 57.9 Å². The van der Waals surface area contributed by atoms with Gasteiger partial charge in [0.1, 0.15) is 5.54 Å². The van der Waals surface area contributed by atoms with Crippen LogP contribution in [0.5, 0.6) is 0 Å². The smallest absolute Gasteiger partial charge is 0.325 e. The molecule has 4 rings (SSSR count). The largest absolute Gasteiger partial charge is 0.355 e. The van der Waals surface area contributed by atoms with Crippen LogP contribution in [0.3, 0.4) is 0 Å². The average molecular weight is 393 g/mol. The summed E-state index contributed by atoms with van der Waals surface area (Å²) in [6.07, 6.45) is 2.14. The van der Waals surface area contributed by atoms with Gasteiger partial charge in [0, 0.05) is 11.3 Å². The van der Waals surface area contributed by atoms with Crippen LogP contribution in [0, 0.1) is 13.8 Å². The van der Waals surface area contributed by atoms with Crippen molar-refractivity contribution in [1.82, 2.24) is 15.2 Å². The predicted molar refractivity (Wildman–Crippen MR) is 106 cm³/mol. The number of Topliss-reactive ketones (excluding diaryl/α,β-unsaturated/α-hetero) is 2. The minimum Gasteiger partial charge on any atom is -0.355 e. The molecule has 0 saturated carbocycles. The van der Waals surface area contributed by atoms with Crippen molar-refractivity contribution in [3.63, 3.8) is 0 Å². The molecule has 1 aromatic carbocycles. The molecule has 2 N–H and O–H groups in total. The molecule has 1 fully saturated rings. The van der Waals surface area contributed by atoms with Gasteiger partial charge in [0.2, 0.25) is 0 Å². The Balaban J connectivity index is 1.64. The molecule has 1 saturated heterocycles. The normalized spacial score (nSPS) is 20.7. The minimum atomic E-state index is -1.10. The van der Waals surface area contributed by atoms with Crippen molar-refractivity contribution in [1.29, 1.82) is 0 Å². The highest BCUT2D eigenvalue weighted by Crippen LogP contribution is 2.39. The number of carbonyl (C=O) groups excluding carboxylic acids is 4. The molecule has 1 spiro atoms. The zero-order valence-corrected chi connectivity index (χ0v) is 16.7. The van der Waals surface area contributed by atoms with Crippen LogP contribution in [0.15, 0.2) is 24.3 Å². The first-order valence-electron chi connectivity index (χ1n) is 9.72. The van der Waals surface area contributed by atoms with Gasteiger partial charge in [-0.05, 0) is 56.7 Å². The zero-order valence-electron chi connectivity index (χ0n) is 16.7. The van der Waals surface area contributed by atoms with Crippen molar-refractivity contribution in [2.24, 2.45) is 0 Å². The first kappa shape index (κ1) is 19.1. The molecule has 1 atom stereocenters. The van der Waals surface area contributed by atoms with Crippen LogP contribution >= 0.6 is 0 Å². The number of nitrogens with one attached hydrogen (secondary N) is 2. The lowest BCUT2D eigenvalue weighted by molar-refractivity contribution is -0.131. The number of carbonyl (C=O) groups is 4. The highest BCUT2D eigenvalue weighted by molar-refractivity contribution is 6.12. The van der Waals surface area contributed by atoms with Crippen LogP contribution in [-0.4, -0.2) is 39.9 Å². The quantitative estimate of drug-likeness (QED) is 0.616. The summed E-state index contributed by atoms with van der Waals surface area (Å²) in [5, 5.41) is 2.85. The summed E-state index contributed by atoms with van der Waals surface area (Å²) in [6, 6.07) is 7.05. The van der Waals surface area contributed by atoms with E-state index in [0.717, 1.165) is 28.9 Å². The van der Waals surface area contributed by atoms with E-state index in [-0.39, 0.29) is 18.0 Å². The molecule has 2 aromatic rings. The van der Waals surface area contributed by atoms with Crippen LogP contribution in [0.2, 0.25) is 0 Å². The number of aryl methyl sites for hydroxylation is 2. The second-order valence-electron chi connectivity index (χ2n) is 7.84. The van der Waals surface area contributed by atoms with Crippen molar-refractivity contribution in [2.75, 3.05) is 6.54 Å². The third-order valence-electron chi connectivity index (χ3n) is 6.02. The second kappa shape index (κ2) is 6.69. The summed E-state index contributed by atoms with van der Waals surface area (Å²) in [4.78, 5) is 54.7. The van der Waals surface area contributed by atoms with E-state index < -0.39 is 23.3 Å². The Hall–Kier alpha value is -3.22. The summed E-state index contributed by atoms with van der Waals surface area (Å²) >= 11 is 0. The Bertz CT molecular complexity index is 1070. The van der Waals surface area contributed by atoms with Crippen molar-refractivity contribution in [3.8, 4) is 0 Å². The van der Waals surface area contributed by atoms with Crippen molar-refractivity contribution < 1.29 is 19.2 Å². The van der Waals surface area contributed by atoms with Gasteiger partial charge in [-0.2, -0.15) is 0 Å². The zero-order chi connectivity index (χ0) is 20.9. The molecule has 2 heterocycles. The molecule has 7 heteroatoms. The van der Waals surface area contributed by atoms with E-state index in [4.69, 9.17) is 0 Å². The lowest BCUT2D eigenvalue weighted by Crippen LogP contribution is -2.46. The third kappa shape index (κ3) is 2.80. The number of H-pyrrole nitrogens is 1. The highest BCUT2D eigenvalue weighted by atomic mass is 16.2. The number of benzene rings is 1. The molecule has 0 bridgehead atoms. The average Bonchev–Trinajstić information content (AvgIpc) is 3.10. The number of hydrogen-bond donors (Lipinski definition) is 2. The fourth-order valence-corrected chi connectivity index (χ4v) is 4.73. The van der Waals surface area contributed by atoms with E-state index in [1.807, 2.05) is 24.3 Å². The summed E-state index contributed by atoms with van der Waals surface area (Å²) in [6.45, 7) is 4.49. The number of urea groups is 1. The van der Waals surface area contributed by atoms with E-state index in [9.17, 15) is 19.2 Å². The highest BCUT2D eigenvalue weighted by Gasteiger charge is 2.54. The molecule has 1 unspecified atom stereocenters.